The van der Waals surface area contributed by atoms with Gasteiger partial charge in [0.25, 0.3) is 0 Å². The first-order valence-corrected chi connectivity index (χ1v) is 23.1. The van der Waals surface area contributed by atoms with E-state index in [1.54, 1.807) is 30.8 Å². The normalized spacial score (nSPS) is 21.9. The predicted octanol–water partition coefficient (Wildman–Crippen LogP) is 3.61. The van der Waals surface area contributed by atoms with Gasteiger partial charge in [-0.25, -0.2) is 0 Å². The first-order chi connectivity index (χ1) is 30.6. The van der Waals surface area contributed by atoms with E-state index < -0.39 is 30.2 Å². The molecular formula is C50H65N7O6. The summed E-state index contributed by atoms with van der Waals surface area (Å²) < 4.78 is 0. The van der Waals surface area contributed by atoms with Crippen molar-refractivity contribution in [3.8, 4) is 23.7 Å². The number of aryl methyl sites for hydroxylation is 2. The van der Waals surface area contributed by atoms with Crippen LogP contribution in [0.5, 0.6) is 0 Å². The molecule has 2 fully saturated rings. The van der Waals surface area contributed by atoms with Gasteiger partial charge in [-0.15, -0.1) is 0 Å². The van der Waals surface area contributed by atoms with Gasteiger partial charge in [0.05, 0.1) is 24.7 Å². The van der Waals surface area contributed by atoms with Gasteiger partial charge in [0.15, 0.2) is 5.78 Å². The highest BCUT2D eigenvalue weighted by molar-refractivity contribution is 5.95. The van der Waals surface area contributed by atoms with E-state index in [4.69, 9.17) is 0 Å². The van der Waals surface area contributed by atoms with Crippen LogP contribution in [0, 0.1) is 23.7 Å². The fourth-order valence-electron chi connectivity index (χ4n) is 9.64. The van der Waals surface area contributed by atoms with Crippen molar-refractivity contribution in [2.24, 2.45) is 0 Å². The maximum Gasteiger partial charge on any atom is 0.246 e. The standard InChI is InChI=1S/C50H65N7O6/c1-34(52-3)47(60)55-42(50(63)57-31-15-13-29-44(57)48(61)54-40-27-17-21-36-19-9-11-24-39(36)40)26-7-5-4-6-25-41(53-46(59)33-51-2)49(62)56-30-14-12-28-43(56)45(58)32-37-22-16-20-35-18-8-10-23-38(35)37/h8-11,18-19,23-24,34,37,40-44,51-52H,12-17,20-22,25-33H2,1-3H3,(H,53,59)(H,54,61)(H,55,60)/t34-,37-,40+,41-,42-,43-,44-/m0/s1. The van der Waals surface area contributed by atoms with Crippen LogP contribution in [0.3, 0.4) is 0 Å². The number of benzene rings is 2. The average Bonchev–Trinajstić information content (AvgIpc) is 3.31. The van der Waals surface area contributed by atoms with Gasteiger partial charge in [-0.1, -0.05) is 60.4 Å². The second-order valence-electron chi connectivity index (χ2n) is 17.4. The van der Waals surface area contributed by atoms with Crippen molar-refractivity contribution < 1.29 is 28.8 Å². The Hall–Kier alpha value is -5.50. The van der Waals surface area contributed by atoms with Crippen LogP contribution in [0.25, 0.3) is 0 Å². The Morgan fingerprint density at radius 3 is 1.90 bits per heavy atom. The molecule has 13 heteroatoms. The van der Waals surface area contributed by atoms with Crippen LogP contribution < -0.4 is 26.6 Å². The summed E-state index contributed by atoms with van der Waals surface area (Å²) in [6, 6.07) is 12.5. The zero-order chi connectivity index (χ0) is 44.7. The summed E-state index contributed by atoms with van der Waals surface area (Å²) in [4.78, 5) is 85.5. The second-order valence-corrected chi connectivity index (χ2v) is 17.4. The number of carbonyl (C=O) groups excluding carboxylic acids is 6. The number of hydrogen-bond acceptors (Lipinski definition) is 8. The van der Waals surface area contributed by atoms with Crippen molar-refractivity contribution in [2.45, 2.75) is 145 Å². The number of Topliss-reactive ketones (excluding diaryl/α,β-unsaturated/α-hetero) is 1. The van der Waals surface area contributed by atoms with Gasteiger partial charge < -0.3 is 36.4 Å². The second kappa shape index (κ2) is 23.3. The predicted molar refractivity (Wildman–Crippen MR) is 242 cm³/mol. The van der Waals surface area contributed by atoms with Crippen LogP contribution in [0.2, 0.25) is 0 Å². The molecular weight excluding hydrogens is 795 g/mol. The van der Waals surface area contributed by atoms with Crippen molar-refractivity contribution in [2.75, 3.05) is 33.7 Å². The Bertz CT molecular complexity index is 2100. The van der Waals surface area contributed by atoms with Gasteiger partial charge >= 0.3 is 0 Å². The molecule has 7 atom stereocenters. The zero-order valence-electron chi connectivity index (χ0n) is 37.2. The number of carbonyl (C=O) groups is 6. The van der Waals surface area contributed by atoms with Gasteiger partial charge in [0.1, 0.15) is 18.1 Å². The van der Waals surface area contributed by atoms with E-state index in [0.717, 1.165) is 69.8 Å². The summed E-state index contributed by atoms with van der Waals surface area (Å²) in [7, 11) is 3.30. The molecule has 0 unspecified atom stereocenters. The first kappa shape index (κ1) is 47.0. The maximum atomic E-state index is 14.3. The Morgan fingerprint density at radius 1 is 0.683 bits per heavy atom. The lowest BCUT2D eigenvalue weighted by molar-refractivity contribution is -0.145. The quantitative estimate of drug-likeness (QED) is 0.170. The number of piperidine rings is 2. The SMILES string of the molecule is CNCC(=O)N[C@@H](CC#CC#CC[C@H](NC(=O)[C@H](C)NC)C(=O)N1CCCC[C@H]1C(=O)N[C@@H]1CCCc2ccccc21)C(=O)N1CCCC[C@H]1C(=O)C[C@@H]1CCCc2ccccc21. The van der Waals surface area contributed by atoms with E-state index in [2.05, 4.69) is 74.5 Å². The number of amides is 5. The molecule has 13 nitrogen and oxygen atoms in total. The van der Waals surface area contributed by atoms with E-state index in [9.17, 15) is 28.8 Å². The van der Waals surface area contributed by atoms with E-state index in [1.165, 1.54) is 16.7 Å². The largest absolute Gasteiger partial charge is 0.347 e. The molecule has 2 aliphatic carbocycles. The Morgan fingerprint density at radius 2 is 1.25 bits per heavy atom. The van der Waals surface area contributed by atoms with Crippen LogP contribution in [-0.2, 0) is 41.6 Å². The molecule has 6 rings (SSSR count). The van der Waals surface area contributed by atoms with Crippen LogP contribution >= 0.6 is 0 Å². The van der Waals surface area contributed by atoms with Crippen LogP contribution in [-0.4, -0.2) is 109 Å². The van der Waals surface area contributed by atoms with E-state index in [0.29, 0.717) is 32.4 Å². The van der Waals surface area contributed by atoms with Crippen molar-refractivity contribution in [1.82, 2.24) is 36.4 Å². The van der Waals surface area contributed by atoms with E-state index in [-0.39, 0.29) is 66.7 Å². The van der Waals surface area contributed by atoms with Gasteiger partial charge in [-0.2, -0.15) is 0 Å². The molecule has 5 amide bonds. The number of likely N-dealkylation sites (tertiary alicyclic amines) is 2. The molecule has 336 valence electrons. The van der Waals surface area contributed by atoms with Gasteiger partial charge in [0, 0.05) is 32.4 Å². The van der Waals surface area contributed by atoms with Crippen LogP contribution in [0.4, 0.5) is 0 Å². The highest BCUT2D eigenvalue weighted by Gasteiger charge is 2.39. The number of fused-ring (bicyclic) bond motifs is 2. The van der Waals surface area contributed by atoms with Crippen molar-refractivity contribution in [3.05, 3.63) is 70.8 Å². The molecule has 5 N–H and O–H groups in total. The summed E-state index contributed by atoms with van der Waals surface area (Å²) in [5.41, 5.74) is 4.87. The molecule has 63 heavy (non-hydrogen) atoms. The van der Waals surface area contributed by atoms with Crippen molar-refractivity contribution in [3.63, 3.8) is 0 Å². The minimum atomic E-state index is -1.03. The molecule has 2 aliphatic heterocycles. The zero-order valence-corrected chi connectivity index (χ0v) is 37.2. The number of ketones is 1. The van der Waals surface area contributed by atoms with Crippen LogP contribution in [0.15, 0.2) is 48.5 Å². The monoisotopic (exact) mass is 859 g/mol. The topological polar surface area (TPSA) is 169 Å². The molecule has 0 saturated carbocycles. The molecule has 2 saturated heterocycles. The lowest BCUT2D eigenvalue weighted by atomic mass is 9.79. The Labute approximate surface area is 373 Å². The van der Waals surface area contributed by atoms with Crippen molar-refractivity contribution >= 4 is 35.3 Å². The molecule has 0 aromatic heterocycles. The van der Waals surface area contributed by atoms with Gasteiger partial charge in [-0.05, 0) is 138 Å². The minimum absolute atomic E-state index is 0.00183. The smallest absolute Gasteiger partial charge is 0.246 e. The number of nitrogens with one attached hydrogen (secondary N) is 5. The lowest BCUT2D eigenvalue weighted by Gasteiger charge is -2.38. The van der Waals surface area contributed by atoms with E-state index >= 15 is 0 Å². The number of rotatable bonds is 15. The highest BCUT2D eigenvalue weighted by Crippen LogP contribution is 2.35. The van der Waals surface area contributed by atoms with Crippen LogP contribution in [0.1, 0.15) is 125 Å². The molecule has 0 radical (unpaired) electrons. The molecule has 0 bridgehead atoms. The highest BCUT2D eigenvalue weighted by atomic mass is 16.2. The van der Waals surface area contributed by atoms with Gasteiger partial charge in [-0.3, -0.25) is 28.8 Å². The third kappa shape index (κ3) is 12.4. The fourth-order valence-corrected chi connectivity index (χ4v) is 9.64. The molecule has 2 aromatic carbocycles. The third-order valence-electron chi connectivity index (χ3n) is 13.1. The summed E-state index contributed by atoms with van der Waals surface area (Å²) >= 11 is 0. The summed E-state index contributed by atoms with van der Waals surface area (Å²) in [6.45, 7) is 2.50. The summed E-state index contributed by atoms with van der Waals surface area (Å²) in [6.07, 6.45) is 10.2. The number of hydrogen-bond donors (Lipinski definition) is 5. The Kier molecular flexibility index (Phi) is 17.3. The van der Waals surface area contributed by atoms with Crippen molar-refractivity contribution in [1.29, 1.82) is 0 Å². The minimum Gasteiger partial charge on any atom is -0.347 e. The molecule has 4 aliphatic rings. The van der Waals surface area contributed by atoms with Gasteiger partial charge in [0.2, 0.25) is 29.5 Å². The third-order valence-corrected chi connectivity index (χ3v) is 13.1. The number of nitrogens with zero attached hydrogens (tertiary/aromatic N) is 2. The summed E-state index contributed by atoms with van der Waals surface area (Å²) in [5.74, 6) is 9.96. The molecule has 2 heterocycles. The fraction of sp³-hybridized carbons (Fsp3) is 0.560. The maximum absolute atomic E-state index is 14.3. The summed E-state index contributed by atoms with van der Waals surface area (Å²) in [5, 5.41) is 14.6. The lowest BCUT2D eigenvalue weighted by Crippen LogP contribution is -2.58. The average molecular weight is 860 g/mol. The van der Waals surface area contributed by atoms with E-state index in [1.807, 2.05) is 24.3 Å². The molecule has 0 spiro atoms. The first-order valence-electron chi connectivity index (χ1n) is 23.1. The number of likely N-dealkylation sites (N-methyl/N-ethyl adjacent to an activating group) is 2. The molecule has 2 aromatic rings. The Balaban J connectivity index is 1.13.